The van der Waals surface area contributed by atoms with Gasteiger partial charge in [-0.15, -0.1) is 0 Å². The third-order valence-electron chi connectivity index (χ3n) is 5.06. The fraction of sp³-hybridized carbons (Fsp3) is 0.412. The van der Waals surface area contributed by atoms with Gasteiger partial charge in [-0.25, -0.2) is 5.43 Å². The molecular weight excluding hydrogens is 262 g/mol. The summed E-state index contributed by atoms with van der Waals surface area (Å²) in [5.41, 5.74) is 4.29. The summed E-state index contributed by atoms with van der Waals surface area (Å²) in [6, 6.07) is 7.80. The summed E-state index contributed by atoms with van der Waals surface area (Å²) >= 11 is 0. The number of para-hydroxylation sites is 1. The summed E-state index contributed by atoms with van der Waals surface area (Å²) in [5, 5.41) is 5.13. The molecule has 4 rings (SSSR count). The van der Waals surface area contributed by atoms with Gasteiger partial charge in [0.2, 0.25) is 0 Å². The van der Waals surface area contributed by atoms with Crippen molar-refractivity contribution in [1.29, 1.82) is 0 Å². The van der Waals surface area contributed by atoms with E-state index in [2.05, 4.69) is 15.5 Å². The Morgan fingerprint density at radius 1 is 1.29 bits per heavy atom. The van der Waals surface area contributed by atoms with Crippen molar-refractivity contribution in [2.24, 2.45) is 22.9 Å². The molecule has 3 atom stereocenters. The van der Waals surface area contributed by atoms with Crippen LogP contribution in [0.15, 0.2) is 35.6 Å². The molecule has 0 spiro atoms. The minimum absolute atomic E-state index is 0.146. The molecule has 1 heterocycles. The molecule has 108 valence electrons. The number of rotatable bonds is 3. The van der Waals surface area contributed by atoms with Crippen LogP contribution in [-0.4, -0.2) is 17.1 Å². The number of nitrogens with one attached hydrogen (secondary N) is 2. The number of nitrogens with zero attached hydrogens (tertiary/aromatic N) is 1. The maximum Gasteiger partial charge on any atom is 0.273 e. The van der Waals surface area contributed by atoms with E-state index in [1.807, 2.05) is 30.5 Å². The molecule has 0 unspecified atom stereocenters. The Balaban J connectivity index is 1.44. The lowest BCUT2D eigenvalue weighted by Gasteiger charge is -2.16. The molecule has 1 amide bonds. The van der Waals surface area contributed by atoms with Crippen LogP contribution in [0.3, 0.4) is 0 Å². The van der Waals surface area contributed by atoms with Crippen LogP contribution in [0.2, 0.25) is 0 Å². The summed E-state index contributed by atoms with van der Waals surface area (Å²) in [6.45, 7) is 0. The van der Waals surface area contributed by atoms with Crippen LogP contribution >= 0.6 is 0 Å². The van der Waals surface area contributed by atoms with Crippen molar-refractivity contribution >= 4 is 23.0 Å². The van der Waals surface area contributed by atoms with Crippen LogP contribution in [0.4, 0.5) is 0 Å². The van der Waals surface area contributed by atoms with E-state index >= 15 is 0 Å². The number of H-pyrrole nitrogens is 1. The summed E-state index contributed by atoms with van der Waals surface area (Å²) in [7, 11) is 0. The second-order valence-electron chi connectivity index (χ2n) is 6.31. The van der Waals surface area contributed by atoms with Gasteiger partial charge < -0.3 is 4.98 Å². The van der Waals surface area contributed by atoms with Gasteiger partial charge in [-0.1, -0.05) is 24.6 Å². The topological polar surface area (TPSA) is 57.2 Å². The van der Waals surface area contributed by atoms with Gasteiger partial charge in [0.15, 0.2) is 0 Å². The van der Waals surface area contributed by atoms with Crippen LogP contribution in [0.1, 0.15) is 36.0 Å². The first-order chi connectivity index (χ1) is 10.3. The normalized spacial score (nSPS) is 27.7. The van der Waals surface area contributed by atoms with Gasteiger partial charge in [-0.05, 0) is 43.1 Å². The summed E-state index contributed by atoms with van der Waals surface area (Å²) in [6.07, 6.45) is 9.02. The lowest BCUT2D eigenvalue weighted by molar-refractivity contribution is 0.0956. The van der Waals surface area contributed by atoms with Crippen molar-refractivity contribution in [1.82, 2.24) is 10.4 Å². The van der Waals surface area contributed by atoms with Crippen LogP contribution in [0.5, 0.6) is 0 Å². The Labute approximate surface area is 123 Å². The molecule has 0 radical (unpaired) electrons. The Morgan fingerprint density at radius 3 is 3.00 bits per heavy atom. The number of hydrogen-bond donors (Lipinski definition) is 2. The molecule has 2 aromatic rings. The minimum atomic E-state index is -0.146. The fourth-order valence-corrected chi connectivity index (χ4v) is 3.99. The standard InChI is InChI=1S/C17H19N3O/c21-17(15-10-18-16-4-2-1-3-14(15)16)20-19-9-13-8-11-5-6-12(13)7-11/h1-4,9-13,18H,5-8H2,(H,20,21)/b19-9-/t11-,12-,13+/m0/s1. The number of hydrogen-bond acceptors (Lipinski definition) is 2. The lowest BCUT2D eigenvalue weighted by atomic mass is 9.90. The van der Waals surface area contributed by atoms with E-state index in [1.165, 1.54) is 25.7 Å². The molecular formula is C17H19N3O. The van der Waals surface area contributed by atoms with Crippen LogP contribution in [-0.2, 0) is 0 Å². The van der Waals surface area contributed by atoms with Gasteiger partial charge in [0.25, 0.3) is 5.91 Å². The molecule has 2 aliphatic rings. The first-order valence-electron chi connectivity index (χ1n) is 7.71. The van der Waals surface area contributed by atoms with E-state index in [9.17, 15) is 4.79 Å². The second-order valence-corrected chi connectivity index (χ2v) is 6.31. The molecule has 2 N–H and O–H groups in total. The van der Waals surface area contributed by atoms with Gasteiger partial charge in [-0.2, -0.15) is 5.10 Å². The van der Waals surface area contributed by atoms with E-state index in [0.29, 0.717) is 11.5 Å². The highest BCUT2D eigenvalue weighted by molar-refractivity contribution is 6.06. The number of fused-ring (bicyclic) bond motifs is 3. The summed E-state index contributed by atoms with van der Waals surface area (Å²) in [4.78, 5) is 15.3. The summed E-state index contributed by atoms with van der Waals surface area (Å²) < 4.78 is 0. The van der Waals surface area contributed by atoms with Gasteiger partial charge in [0.05, 0.1) is 5.56 Å². The Bertz CT molecular complexity index is 703. The molecule has 2 fully saturated rings. The van der Waals surface area contributed by atoms with Crippen LogP contribution in [0.25, 0.3) is 10.9 Å². The quantitative estimate of drug-likeness (QED) is 0.658. The average molecular weight is 281 g/mol. The third kappa shape index (κ3) is 2.24. The predicted octanol–water partition coefficient (Wildman–Crippen LogP) is 3.32. The van der Waals surface area contributed by atoms with E-state index in [1.54, 1.807) is 6.20 Å². The van der Waals surface area contributed by atoms with Crippen molar-refractivity contribution in [3.05, 3.63) is 36.0 Å². The zero-order valence-corrected chi connectivity index (χ0v) is 11.9. The van der Waals surface area contributed by atoms with E-state index in [4.69, 9.17) is 0 Å². The molecule has 0 aliphatic heterocycles. The van der Waals surface area contributed by atoms with E-state index in [-0.39, 0.29) is 5.91 Å². The number of aromatic nitrogens is 1. The largest absolute Gasteiger partial charge is 0.360 e. The molecule has 2 aliphatic carbocycles. The lowest BCUT2D eigenvalue weighted by Crippen LogP contribution is -2.19. The minimum Gasteiger partial charge on any atom is -0.360 e. The van der Waals surface area contributed by atoms with Gasteiger partial charge in [0.1, 0.15) is 0 Å². The van der Waals surface area contributed by atoms with Crippen LogP contribution < -0.4 is 5.43 Å². The Morgan fingerprint density at radius 2 is 2.19 bits per heavy atom. The molecule has 2 bridgehead atoms. The fourth-order valence-electron chi connectivity index (χ4n) is 3.99. The molecule has 21 heavy (non-hydrogen) atoms. The van der Waals surface area contributed by atoms with Crippen molar-refractivity contribution < 1.29 is 4.79 Å². The number of benzene rings is 1. The van der Waals surface area contributed by atoms with Crippen molar-refractivity contribution in [2.45, 2.75) is 25.7 Å². The average Bonchev–Trinajstić information content (AvgIpc) is 3.21. The first kappa shape index (κ1) is 12.6. The number of carbonyl (C=O) groups is 1. The molecule has 4 nitrogen and oxygen atoms in total. The van der Waals surface area contributed by atoms with Crippen molar-refractivity contribution in [3.8, 4) is 0 Å². The molecule has 1 aromatic heterocycles. The molecule has 2 saturated carbocycles. The highest BCUT2D eigenvalue weighted by Crippen LogP contribution is 2.47. The maximum absolute atomic E-state index is 12.2. The number of amides is 1. The number of aromatic amines is 1. The molecule has 1 aromatic carbocycles. The number of carbonyl (C=O) groups excluding carboxylic acids is 1. The first-order valence-corrected chi connectivity index (χ1v) is 7.71. The summed E-state index contributed by atoms with van der Waals surface area (Å²) in [5.74, 6) is 2.11. The highest BCUT2D eigenvalue weighted by Gasteiger charge is 2.38. The zero-order valence-electron chi connectivity index (χ0n) is 11.9. The Hall–Kier alpha value is -2.10. The van der Waals surface area contributed by atoms with Gasteiger partial charge >= 0.3 is 0 Å². The predicted molar refractivity (Wildman–Crippen MR) is 83.2 cm³/mol. The van der Waals surface area contributed by atoms with Crippen molar-refractivity contribution in [2.75, 3.05) is 0 Å². The third-order valence-corrected chi connectivity index (χ3v) is 5.06. The zero-order chi connectivity index (χ0) is 14.2. The maximum atomic E-state index is 12.2. The number of hydrazone groups is 1. The van der Waals surface area contributed by atoms with Gasteiger partial charge in [-0.3, -0.25) is 4.79 Å². The monoisotopic (exact) mass is 281 g/mol. The van der Waals surface area contributed by atoms with Gasteiger partial charge in [0, 0.05) is 23.3 Å². The SMILES string of the molecule is O=C(N/N=C\[C@H]1C[C@H]2CC[C@H]1C2)c1c[nH]c2ccccc12. The van der Waals surface area contributed by atoms with E-state index in [0.717, 1.165) is 22.7 Å². The van der Waals surface area contributed by atoms with Crippen LogP contribution in [0, 0.1) is 17.8 Å². The Kier molecular flexibility index (Phi) is 3.02. The highest BCUT2D eigenvalue weighted by atomic mass is 16.2. The molecule has 0 saturated heterocycles. The second kappa shape index (κ2) is 5.02. The van der Waals surface area contributed by atoms with E-state index < -0.39 is 0 Å². The molecule has 4 heteroatoms. The van der Waals surface area contributed by atoms with Crippen molar-refractivity contribution in [3.63, 3.8) is 0 Å². The smallest absolute Gasteiger partial charge is 0.273 e.